The fraction of sp³-hybridized carbons (Fsp3) is 0.600. The van der Waals surface area contributed by atoms with Gasteiger partial charge in [0.25, 0.3) is 0 Å². The standard InChI is InChI=1S/C20H24BrNO2/c1-12-11-13-7-5-6-8-14(13)22(12)17(24)20-10-9-19(4,18(20,2)3)16(23)15(20)21/h5-8,12,15H,9-11H2,1-4H3/t12-,15-,19+,20+/m0/s1. The summed E-state index contributed by atoms with van der Waals surface area (Å²) in [5.41, 5.74) is 0.834. The van der Waals surface area contributed by atoms with Gasteiger partial charge in [-0.2, -0.15) is 0 Å². The molecule has 2 bridgehead atoms. The summed E-state index contributed by atoms with van der Waals surface area (Å²) in [7, 11) is 0. The Hall–Kier alpha value is -1.16. The number of Topliss-reactive ketones (excluding diaryl/α,β-unsaturated/α-hetero) is 1. The fourth-order valence-corrected chi connectivity index (χ4v) is 7.02. The lowest BCUT2D eigenvalue weighted by molar-refractivity contribution is -0.133. The van der Waals surface area contributed by atoms with Gasteiger partial charge >= 0.3 is 0 Å². The van der Waals surface area contributed by atoms with Crippen molar-refractivity contribution in [1.82, 2.24) is 0 Å². The molecule has 4 heteroatoms. The van der Waals surface area contributed by atoms with Gasteiger partial charge in [0.15, 0.2) is 5.78 Å². The van der Waals surface area contributed by atoms with Crippen molar-refractivity contribution in [3.05, 3.63) is 29.8 Å². The van der Waals surface area contributed by atoms with E-state index in [0.717, 1.165) is 24.9 Å². The van der Waals surface area contributed by atoms with E-state index in [0.29, 0.717) is 0 Å². The Labute approximate surface area is 151 Å². The second kappa shape index (κ2) is 4.72. The molecule has 2 aliphatic carbocycles. The Morgan fingerprint density at radius 3 is 2.50 bits per heavy atom. The summed E-state index contributed by atoms with van der Waals surface area (Å²) in [6.07, 6.45) is 2.47. The predicted molar refractivity (Wildman–Crippen MR) is 98.4 cm³/mol. The van der Waals surface area contributed by atoms with Crippen LogP contribution in [0.2, 0.25) is 0 Å². The zero-order chi connectivity index (χ0) is 17.5. The minimum absolute atomic E-state index is 0.126. The molecule has 0 unspecified atom stereocenters. The molecule has 0 radical (unpaired) electrons. The van der Waals surface area contributed by atoms with Gasteiger partial charge in [0, 0.05) is 17.1 Å². The Balaban J connectivity index is 1.85. The summed E-state index contributed by atoms with van der Waals surface area (Å²) in [5.74, 6) is 0.327. The van der Waals surface area contributed by atoms with Crippen molar-refractivity contribution in [2.45, 2.75) is 57.8 Å². The van der Waals surface area contributed by atoms with Gasteiger partial charge in [-0.05, 0) is 43.2 Å². The number of ketones is 1. The van der Waals surface area contributed by atoms with Crippen molar-refractivity contribution in [3.63, 3.8) is 0 Å². The molecular weight excluding hydrogens is 366 g/mol. The number of alkyl halides is 1. The molecule has 3 nitrogen and oxygen atoms in total. The number of carbonyl (C=O) groups is 2. The molecule has 0 aromatic heterocycles. The summed E-state index contributed by atoms with van der Waals surface area (Å²) in [6.45, 7) is 8.39. The second-order valence-corrected chi connectivity index (χ2v) is 9.43. The Morgan fingerprint density at radius 1 is 1.21 bits per heavy atom. The van der Waals surface area contributed by atoms with Gasteiger partial charge in [-0.25, -0.2) is 0 Å². The number of amides is 1. The third-order valence-corrected chi connectivity index (χ3v) is 8.73. The average Bonchev–Trinajstić information content (AvgIpc) is 3.01. The van der Waals surface area contributed by atoms with E-state index in [1.165, 1.54) is 5.56 Å². The molecule has 1 aliphatic heterocycles. The normalized spacial score (nSPS) is 39.4. The van der Waals surface area contributed by atoms with E-state index in [1.54, 1.807) is 0 Å². The first-order valence-corrected chi connectivity index (χ1v) is 9.70. The van der Waals surface area contributed by atoms with Crippen molar-refractivity contribution < 1.29 is 9.59 Å². The first-order valence-electron chi connectivity index (χ1n) is 8.78. The highest BCUT2D eigenvalue weighted by Crippen LogP contribution is 2.72. The first kappa shape index (κ1) is 16.3. The summed E-state index contributed by atoms with van der Waals surface area (Å²) in [5, 5.41) is 0. The number of anilines is 1. The van der Waals surface area contributed by atoms with E-state index in [9.17, 15) is 9.59 Å². The molecule has 4 rings (SSSR count). The number of benzene rings is 1. The van der Waals surface area contributed by atoms with Gasteiger partial charge in [0.1, 0.15) is 0 Å². The van der Waals surface area contributed by atoms with Gasteiger partial charge in [-0.1, -0.05) is 54.9 Å². The molecule has 0 N–H and O–H groups in total. The summed E-state index contributed by atoms with van der Waals surface area (Å²) < 4.78 is 0. The molecule has 128 valence electrons. The topological polar surface area (TPSA) is 37.4 Å². The highest BCUT2D eigenvalue weighted by Gasteiger charge is 2.77. The first-order chi connectivity index (χ1) is 11.2. The highest BCUT2D eigenvalue weighted by molar-refractivity contribution is 9.10. The van der Waals surface area contributed by atoms with E-state index in [-0.39, 0.29) is 28.0 Å². The van der Waals surface area contributed by atoms with Crippen LogP contribution in [0.4, 0.5) is 5.69 Å². The van der Waals surface area contributed by atoms with Crippen molar-refractivity contribution in [2.24, 2.45) is 16.2 Å². The van der Waals surface area contributed by atoms with Crippen molar-refractivity contribution in [2.75, 3.05) is 4.90 Å². The highest BCUT2D eigenvalue weighted by atomic mass is 79.9. The smallest absolute Gasteiger partial charge is 0.235 e. The minimum atomic E-state index is -0.648. The lowest BCUT2D eigenvalue weighted by Crippen LogP contribution is -2.54. The molecule has 4 atom stereocenters. The molecule has 24 heavy (non-hydrogen) atoms. The maximum atomic E-state index is 13.9. The Bertz CT molecular complexity index is 758. The zero-order valence-electron chi connectivity index (χ0n) is 14.7. The van der Waals surface area contributed by atoms with Gasteiger partial charge in [-0.3, -0.25) is 9.59 Å². The number of para-hydroxylation sites is 1. The lowest BCUT2D eigenvalue weighted by atomic mass is 9.64. The molecule has 2 fully saturated rings. The third-order valence-electron chi connectivity index (χ3n) is 7.53. The largest absolute Gasteiger partial charge is 0.308 e. The number of fused-ring (bicyclic) bond motifs is 3. The van der Waals surface area contributed by atoms with Gasteiger partial charge in [0.2, 0.25) is 5.91 Å². The summed E-state index contributed by atoms with van der Waals surface area (Å²) >= 11 is 3.64. The monoisotopic (exact) mass is 389 g/mol. The van der Waals surface area contributed by atoms with Gasteiger partial charge in [0.05, 0.1) is 10.2 Å². The molecule has 3 aliphatic rings. The molecule has 2 saturated carbocycles. The van der Waals surface area contributed by atoms with Crippen LogP contribution in [0.5, 0.6) is 0 Å². The van der Waals surface area contributed by atoms with Crippen LogP contribution in [-0.4, -0.2) is 22.6 Å². The van der Waals surface area contributed by atoms with Crippen LogP contribution in [0, 0.1) is 16.2 Å². The Kier molecular flexibility index (Phi) is 3.21. The maximum Gasteiger partial charge on any atom is 0.235 e. The minimum Gasteiger partial charge on any atom is -0.308 e. The van der Waals surface area contributed by atoms with Crippen LogP contribution < -0.4 is 4.90 Å². The van der Waals surface area contributed by atoms with Crippen molar-refractivity contribution in [1.29, 1.82) is 0 Å². The van der Waals surface area contributed by atoms with Crippen LogP contribution >= 0.6 is 15.9 Å². The predicted octanol–water partition coefficient (Wildman–Crippen LogP) is 4.12. The molecule has 0 spiro atoms. The molecule has 1 aromatic carbocycles. The van der Waals surface area contributed by atoms with Crippen LogP contribution in [-0.2, 0) is 16.0 Å². The zero-order valence-corrected chi connectivity index (χ0v) is 16.3. The molecule has 0 saturated heterocycles. The van der Waals surface area contributed by atoms with Crippen LogP contribution in [0.15, 0.2) is 24.3 Å². The number of hydrogen-bond acceptors (Lipinski definition) is 2. The molecule has 1 aromatic rings. The van der Waals surface area contributed by atoms with Crippen LogP contribution in [0.25, 0.3) is 0 Å². The summed E-state index contributed by atoms with van der Waals surface area (Å²) in [6, 6.07) is 8.30. The van der Waals surface area contributed by atoms with E-state index in [4.69, 9.17) is 0 Å². The van der Waals surface area contributed by atoms with Crippen LogP contribution in [0.1, 0.15) is 46.1 Å². The molecular formula is C20H24BrNO2. The van der Waals surface area contributed by atoms with Gasteiger partial charge in [-0.15, -0.1) is 0 Å². The Morgan fingerprint density at radius 2 is 1.88 bits per heavy atom. The fourth-order valence-electron chi connectivity index (χ4n) is 5.52. The number of nitrogens with zero attached hydrogens (tertiary/aromatic N) is 1. The molecule has 1 amide bonds. The number of hydrogen-bond donors (Lipinski definition) is 0. The van der Waals surface area contributed by atoms with Crippen molar-refractivity contribution >= 4 is 33.3 Å². The second-order valence-electron chi connectivity index (χ2n) is 8.51. The summed E-state index contributed by atoms with van der Waals surface area (Å²) in [4.78, 5) is 28.4. The van der Waals surface area contributed by atoms with Crippen LogP contribution in [0.3, 0.4) is 0 Å². The SMILES string of the molecule is C[C@H]1Cc2ccccc2N1C(=O)[C@@]12CC[C@](C)(C(=O)[C@@H]1Br)C2(C)C. The van der Waals surface area contributed by atoms with E-state index in [2.05, 4.69) is 42.8 Å². The number of rotatable bonds is 1. The quantitative estimate of drug-likeness (QED) is 0.677. The van der Waals surface area contributed by atoms with E-state index in [1.807, 2.05) is 30.0 Å². The number of halogens is 1. The van der Waals surface area contributed by atoms with Gasteiger partial charge < -0.3 is 4.90 Å². The average molecular weight is 390 g/mol. The van der Waals surface area contributed by atoms with E-state index >= 15 is 0 Å². The lowest BCUT2D eigenvalue weighted by Gasteiger charge is -2.43. The maximum absolute atomic E-state index is 13.9. The van der Waals surface area contributed by atoms with E-state index < -0.39 is 10.8 Å². The number of carbonyl (C=O) groups excluding carboxylic acids is 2. The molecule has 1 heterocycles. The third kappa shape index (κ3) is 1.55. The van der Waals surface area contributed by atoms with Crippen molar-refractivity contribution in [3.8, 4) is 0 Å².